The van der Waals surface area contributed by atoms with E-state index >= 15 is 0 Å². The highest BCUT2D eigenvalue weighted by molar-refractivity contribution is 7.91. The molecule has 2 heterocycles. The van der Waals surface area contributed by atoms with E-state index in [1.165, 1.54) is 4.90 Å². The summed E-state index contributed by atoms with van der Waals surface area (Å²) >= 11 is -1.36. The second-order valence-corrected chi connectivity index (χ2v) is 9.44. The van der Waals surface area contributed by atoms with Crippen LogP contribution in [-0.2, 0) is 17.8 Å². The molecule has 1 N–H and O–H groups in total. The normalized spacial score (nSPS) is 22.7. The van der Waals surface area contributed by atoms with Crippen LogP contribution in [0.25, 0.3) is 0 Å². The van der Waals surface area contributed by atoms with E-state index in [0.717, 1.165) is 23.4 Å². The number of piperidine rings is 1. The third kappa shape index (κ3) is 3.02. The maximum absolute atomic E-state index is 12.6. The quantitative estimate of drug-likeness (QED) is 0.789. The van der Waals surface area contributed by atoms with Crippen LogP contribution in [0.15, 0.2) is 22.7 Å². The van der Waals surface area contributed by atoms with Crippen LogP contribution in [0.3, 0.4) is 0 Å². The van der Waals surface area contributed by atoms with E-state index in [-0.39, 0.29) is 5.41 Å². The molecule has 2 aliphatic rings. The summed E-state index contributed by atoms with van der Waals surface area (Å²) in [5.41, 5.74) is 2.50. The van der Waals surface area contributed by atoms with Gasteiger partial charge in [0, 0.05) is 24.7 Å². The minimum absolute atomic E-state index is 0.246. The van der Waals surface area contributed by atoms with Gasteiger partial charge in [0.1, 0.15) is 21.8 Å². The van der Waals surface area contributed by atoms with Crippen molar-refractivity contribution in [3.8, 4) is 0 Å². The molecule has 1 spiro atoms. The van der Waals surface area contributed by atoms with Crippen LogP contribution in [0.5, 0.6) is 0 Å². The first kappa shape index (κ1) is 17.2. The summed E-state index contributed by atoms with van der Waals surface area (Å²) in [6.45, 7) is 6.67. The first-order valence-electron chi connectivity index (χ1n) is 8.16. The van der Waals surface area contributed by atoms with Crippen LogP contribution in [-0.4, -0.2) is 49.2 Å². The monoisotopic (exact) mass is 349 g/mol. The van der Waals surface area contributed by atoms with Gasteiger partial charge in [0.15, 0.2) is 0 Å². The van der Waals surface area contributed by atoms with Crippen molar-refractivity contribution in [3.63, 3.8) is 0 Å². The molecular formula is C17H23N3O3S. The van der Waals surface area contributed by atoms with Crippen LogP contribution in [0.1, 0.15) is 44.9 Å². The predicted molar refractivity (Wildman–Crippen MR) is 93.6 cm³/mol. The lowest BCUT2D eigenvalue weighted by Crippen LogP contribution is -2.46. The number of rotatable bonds is 1. The molecule has 1 aliphatic heterocycles. The number of aromatic nitrogens is 1. The molecule has 1 aromatic rings. The van der Waals surface area contributed by atoms with Crippen molar-refractivity contribution in [3.05, 3.63) is 29.6 Å². The standard InChI is InChI=1S/C17H23N3O3S/c1-16(2,3)24(23)19-14-13-12(5-4-8-18-13)11-17(14)6-9-20(10-7-17)15(21)22/h4-5,8H,6-7,9-11H2,1-3H3,(H,21,22). The summed E-state index contributed by atoms with van der Waals surface area (Å²) in [6.07, 6.45) is 3.03. The molecule has 1 unspecified atom stereocenters. The summed E-state index contributed by atoms with van der Waals surface area (Å²) in [5.74, 6) is 0. The molecule has 1 saturated heterocycles. The smallest absolute Gasteiger partial charge is 0.407 e. The van der Waals surface area contributed by atoms with Crippen LogP contribution in [0.2, 0.25) is 0 Å². The predicted octanol–water partition coefficient (Wildman–Crippen LogP) is 2.65. The minimum Gasteiger partial charge on any atom is -0.591 e. The third-order valence-corrected chi connectivity index (χ3v) is 6.23. The number of pyridine rings is 1. The Labute approximate surface area is 145 Å². The molecule has 3 rings (SSSR count). The molecule has 6 nitrogen and oxygen atoms in total. The Morgan fingerprint density at radius 1 is 1.42 bits per heavy atom. The van der Waals surface area contributed by atoms with Gasteiger partial charge in [-0.1, -0.05) is 10.5 Å². The molecule has 1 aromatic heterocycles. The van der Waals surface area contributed by atoms with Gasteiger partial charge in [0.25, 0.3) is 0 Å². The number of nitrogens with zero attached hydrogens (tertiary/aromatic N) is 3. The summed E-state index contributed by atoms with van der Waals surface area (Å²) < 4.78 is 16.8. The molecule has 130 valence electrons. The van der Waals surface area contributed by atoms with Crippen molar-refractivity contribution >= 4 is 23.2 Å². The van der Waals surface area contributed by atoms with E-state index in [0.29, 0.717) is 25.9 Å². The van der Waals surface area contributed by atoms with Crippen LogP contribution in [0, 0.1) is 5.41 Å². The number of hydrogen-bond donors (Lipinski definition) is 1. The molecule has 1 aliphatic carbocycles. The van der Waals surface area contributed by atoms with Gasteiger partial charge in [-0.05, 0) is 51.7 Å². The van der Waals surface area contributed by atoms with E-state index in [4.69, 9.17) is 0 Å². The highest BCUT2D eigenvalue weighted by Crippen LogP contribution is 2.45. The van der Waals surface area contributed by atoms with Crippen molar-refractivity contribution in [1.82, 2.24) is 9.88 Å². The lowest BCUT2D eigenvalue weighted by molar-refractivity contribution is 0.115. The van der Waals surface area contributed by atoms with Gasteiger partial charge in [0.2, 0.25) is 0 Å². The summed E-state index contributed by atoms with van der Waals surface area (Å²) in [7, 11) is 0. The van der Waals surface area contributed by atoms with Gasteiger partial charge in [-0.3, -0.25) is 4.98 Å². The fourth-order valence-corrected chi connectivity index (χ4v) is 4.11. The Bertz CT molecular complexity index is 676. The van der Waals surface area contributed by atoms with Gasteiger partial charge in [-0.15, -0.1) is 0 Å². The highest BCUT2D eigenvalue weighted by atomic mass is 32.2. The van der Waals surface area contributed by atoms with E-state index in [9.17, 15) is 14.5 Å². The lowest BCUT2D eigenvalue weighted by atomic mass is 9.75. The molecule has 0 bridgehead atoms. The topological polar surface area (TPSA) is 88.9 Å². The summed E-state index contributed by atoms with van der Waals surface area (Å²) in [5, 5.41) is 9.20. The molecule has 0 aromatic carbocycles. The molecule has 0 radical (unpaired) electrons. The van der Waals surface area contributed by atoms with Gasteiger partial charge in [-0.2, -0.15) is 0 Å². The van der Waals surface area contributed by atoms with Crippen molar-refractivity contribution < 1.29 is 14.5 Å². The molecule has 7 heteroatoms. The molecular weight excluding hydrogens is 326 g/mol. The SMILES string of the molecule is CC(C)(C)[S+]([O-])N=C1c2ncccc2CC12CCN(C(=O)O)CC2. The zero-order valence-corrected chi connectivity index (χ0v) is 15.1. The minimum atomic E-state index is -1.36. The van der Waals surface area contributed by atoms with E-state index in [1.54, 1.807) is 6.20 Å². The second-order valence-electron chi connectivity index (χ2n) is 7.54. The number of carbonyl (C=O) groups is 1. The Morgan fingerprint density at radius 2 is 2.08 bits per heavy atom. The van der Waals surface area contributed by atoms with Crippen LogP contribution >= 0.6 is 0 Å². The van der Waals surface area contributed by atoms with Gasteiger partial charge in [0.05, 0.1) is 5.69 Å². The fraction of sp³-hybridized carbons (Fsp3) is 0.588. The zero-order valence-electron chi connectivity index (χ0n) is 14.3. The molecule has 1 amide bonds. The first-order valence-corrected chi connectivity index (χ1v) is 9.27. The summed E-state index contributed by atoms with van der Waals surface area (Å²) in [4.78, 5) is 17.1. The number of carboxylic acid groups (broad SMARTS) is 1. The van der Waals surface area contributed by atoms with E-state index in [2.05, 4.69) is 9.38 Å². The Kier molecular flexibility index (Phi) is 4.34. The zero-order chi connectivity index (χ0) is 17.5. The van der Waals surface area contributed by atoms with Crippen molar-refractivity contribution in [2.75, 3.05) is 13.1 Å². The average Bonchev–Trinajstić information content (AvgIpc) is 2.80. The number of likely N-dealkylation sites (tertiary alicyclic amines) is 1. The third-order valence-electron chi connectivity index (χ3n) is 4.84. The highest BCUT2D eigenvalue weighted by Gasteiger charge is 2.48. The Morgan fingerprint density at radius 3 is 2.67 bits per heavy atom. The average molecular weight is 349 g/mol. The second kappa shape index (κ2) is 6.04. The number of amides is 1. The van der Waals surface area contributed by atoms with Gasteiger partial charge in [-0.25, -0.2) is 4.79 Å². The molecule has 1 fully saturated rings. The first-order chi connectivity index (χ1) is 11.2. The van der Waals surface area contributed by atoms with Crippen LogP contribution < -0.4 is 0 Å². The fourth-order valence-electron chi connectivity index (χ4n) is 3.39. The molecule has 24 heavy (non-hydrogen) atoms. The Hall–Kier alpha value is -1.60. The lowest BCUT2D eigenvalue weighted by Gasteiger charge is -2.38. The van der Waals surface area contributed by atoms with Crippen molar-refractivity contribution in [2.45, 2.75) is 44.8 Å². The van der Waals surface area contributed by atoms with E-state index < -0.39 is 22.2 Å². The van der Waals surface area contributed by atoms with E-state index in [1.807, 2.05) is 32.9 Å². The molecule has 1 atom stereocenters. The van der Waals surface area contributed by atoms with Gasteiger partial charge >= 0.3 is 6.09 Å². The van der Waals surface area contributed by atoms with Gasteiger partial charge < -0.3 is 14.6 Å². The Balaban J connectivity index is 1.98. The summed E-state index contributed by atoms with van der Waals surface area (Å²) in [6, 6.07) is 3.94. The molecule has 0 saturated carbocycles. The maximum atomic E-state index is 12.6. The van der Waals surface area contributed by atoms with Crippen molar-refractivity contribution in [1.29, 1.82) is 0 Å². The maximum Gasteiger partial charge on any atom is 0.407 e. The largest absolute Gasteiger partial charge is 0.591 e. The number of hydrogen-bond acceptors (Lipinski definition) is 4. The van der Waals surface area contributed by atoms with Crippen LogP contribution in [0.4, 0.5) is 4.79 Å². The van der Waals surface area contributed by atoms with Crippen molar-refractivity contribution in [2.24, 2.45) is 9.81 Å². The number of fused-ring (bicyclic) bond motifs is 1.